The molecular formula is C25H27N9O3S. The molecule has 196 valence electrons. The second-order valence-electron chi connectivity index (χ2n) is 9.37. The zero-order valence-corrected chi connectivity index (χ0v) is 22.2. The van der Waals surface area contributed by atoms with E-state index in [4.69, 9.17) is 4.74 Å². The van der Waals surface area contributed by atoms with Crippen LogP contribution >= 0.6 is 0 Å². The highest BCUT2D eigenvalue weighted by Crippen LogP contribution is 2.34. The normalized spacial score (nSPS) is 13.6. The Morgan fingerprint density at radius 2 is 1.89 bits per heavy atom. The Labute approximate surface area is 219 Å². The van der Waals surface area contributed by atoms with E-state index in [-0.39, 0.29) is 4.90 Å². The van der Waals surface area contributed by atoms with Gasteiger partial charge in [-0.1, -0.05) is 6.07 Å². The molecule has 0 bridgehead atoms. The number of aromatic amines is 1. The molecule has 5 aromatic rings. The topological polar surface area (TPSA) is 145 Å². The van der Waals surface area contributed by atoms with Gasteiger partial charge in [-0.05, 0) is 31.5 Å². The molecule has 1 aromatic carbocycles. The van der Waals surface area contributed by atoms with Gasteiger partial charge >= 0.3 is 0 Å². The van der Waals surface area contributed by atoms with Crippen LogP contribution in [0.1, 0.15) is 17.2 Å². The number of pyridine rings is 1. The zero-order chi connectivity index (χ0) is 26.6. The molecule has 0 unspecified atom stereocenters. The summed E-state index contributed by atoms with van der Waals surface area (Å²) in [5, 5.41) is 15.4. The molecule has 0 spiro atoms. The van der Waals surface area contributed by atoms with Crippen molar-refractivity contribution in [1.29, 1.82) is 0 Å². The van der Waals surface area contributed by atoms with E-state index in [1.807, 2.05) is 37.7 Å². The summed E-state index contributed by atoms with van der Waals surface area (Å²) in [5.41, 5.74) is 5.79. The molecule has 0 saturated heterocycles. The lowest BCUT2D eigenvalue weighted by Crippen LogP contribution is -2.16. The summed E-state index contributed by atoms with van der Waals surface area (Å²) in [5.74, 6) is 1.85. The van der Waals surface area contributed by atoms with Gasteiger partial charge in [-0.2, -0.15) is 10.2 Å². The molecular weight excluding hydrogens is 506 g/mol. The Hall–Kier alpha value is -4.23. The van der Waals surface area contributed by atoms with Gasteiger partial charge in [-0.15, -0.1) is 0 Å². The van der Waals surface area contributed by atoms with E-state index in [0.717, 1.165) is 22.5 Å². The molecule has 5 heterocycles. The number of nitrogens with one attached hydrogen (secondary N) is 3. The molecule has 3 N–H and O–H groups in total. The third kappa shape index (κ3) is 4.39. The number of imidazole rings is 1. The predicted octanol–water partition coefficient (Wildman–Crippen LogP) is 3.59. The lowest BCUT2D eigenvalue weighted by atomic mass is 10.1. The van der Waals surface area contributed by atoms with Crippen molar-refractivity contribution in [2.24, 2.45) is 7.05 Å². The summed E-state index contributed by atoms with van der Waals surface area (Å²) >= 11 is 0. The first-order valence-electron chi connectivity index (χ1n) is 12.0. The van der Waals surface area contributed by atoms with Crippen LogP contribution in [0.15, 0.2) is 41.4 Å². The summed E-state index contributed by atoms with van der Waals surface area (Å²) < 4.78 is 34.9. The van der Waals surface area contributed by atoms with Crippen molar-refractivity contribution in [3.8, 4) is 11.1 Å². The fourth-order valence-electron chi connectivity index (χ4n) is 4.58. The van der Waals surface area contributed by atoms with Gasteiger partial charge in [0.2, 0.25) is 0 Å². The maximum Gasteiger partial charge on any atom is 0.181 e. The fourth-order valence-corrected chi connectivity index (χ4v) is 5.44. The van der Waals surface area contributed by atoms with E-state index >= 15 is 0 Å². The van der Waals surface area contributed by atoms with Crippen LogP contribution in [-0.2, 0) is 34.8 Å². The van der Waals surface area contributed by atoms with Crippen LogP contribution < -0.4 is 10.6 Å². The molecule has 12 nitrogen and oxygen atoms in total. The number of anilines is 4. The highest BCUT2D eigenvalue weighted by Gasteiger charge is 2.20. The largest absolute Gasteiger partial charge is 0.373 e. The van der Waals surface area contributed by atoms with Gasteiger partial charge in [0.15, 0.2) is 21.3 Å². The number of nitrogens with zero attached hydrogens (tertiary/aromatic N) is 6. The van der Waals surface area contributed by atoms with Crippen molar-refractivity contribution in [2.75, 3.05) is 23.5 Å². The number of ether oxygens (including phenoxy) is 1. The van der Waals surface area contributed by atoms with Crippen molar-refractivity contribution in [3.05, 3.63) is 53.7 Å². The summed E-state index contributed by atoms with van der Waals surface area (Å²) in [6.07, 6.45) is 2.94. The lowest BCUT2D eigenvalue weighted by Gasteiger charge is -2.14. The van der Waals surface area contributed by atoms with Crippen molar-refractivity contribution < 1.29 is 13.2 Å². The maximum absolute atomic E-state index is 12.9. The van der Waals surface area contributed by atoms with Gasteiger partial charge in [0.05, 0.1) is 47.9 Å². The molecule has 1 aliphatic heterocycles. The van der Waals surface area contributed by atoms with E-state index in [1.165, 1.54) is 6.26 Å². The fraction of sp³-hybridized carbons (Fsp3) is 0.280. The first-order valence-corrected chi connectivity index (χ1v) is 13.9. The number of benzene rings is 1. The Kier molecular flexibility index (Phi) is 5.69. The zero-order valence-electron chi connectivity index (χ0n) is 21.4. The number of fused-ring (bicyclic) bond motifs is 2. The van der Waals surface area contributed by atoms with Crippen LogP contribution in [-0.4, -0.2) is 55.8 Å². The molecule has 38 heavy (non-hydrogen) atoms. The Morgan fingerprint density at radius 1 is 1.05 bits per heavy atom. The Bertz CT molecular complexity index is 1780. The molecule has 1 aliphatic rings. The minimum Gasteiger partial charge on any atom is -0.373 e. The quantitative estimate of drug-likeness (QED) is 0.298. The first kappa shape index (κ1) is 24.1. The van der Waals surface area contributed by atoms with Gasteiger partial charge in [0.25, 0.3) is 0 Å². The van der Waals surface area contributed by atoms with Gasteiger partial charge < -0.3 is 20.4 Å². The monoisotopic (exact) mass is 533 g/mol. The Balaban J connectivity index is 1.40. The minimum atomic E-state index is -3.57. The second kappa shape index (κ2) is 8.96. The molecule has 13 heteroatoms. The highest BCUT2D eigenvalue weighted by atomic mass is 32.2. The van der Waals surface area contributed by atoms with Crippen molar-refractivity contribution in [1.82, 2.24) is 34.5 Å². The SMILES string of the molecule is Cc1nc2nc(Nc3cc4n(n3)CCOC4)cc(Nc3ccc(-c4cnn(C)c4C)cc3S(C)(=O)=O)c2[nH]1. The number of sulfone groups is 1. The number of H-pyrrole nitrogens is 1. The molecule has 0 amide bonds. The van der Waals surface area contributed by atoms with Crippen molar-refractivity contribution >= 4 is 44.0 Å². The van der Waals surface area contributed by atoms with Gasteiger partial charge in [0, 0.05) is 36.7 Å². The molecule has 0 atom stereocenters. The standard InChI is InChI=1S/C25H27N9O3S/c1-14-18(12-26-33(14)3)16-5-6-19(21(9-16)38(4,35)36)29-20-11-22(31-25-24(20)27-15(2)28-25)30-23-10-17-13-37-8-7-34(17)32-23/h5-6,9-12H,7-8,13H2,1-4H3,(H3,27,28,29,30,31,32). The maximum atomic E-state index is 12.9. The van der Waals surface area contributed by atoms with Gasteiger partial charge in [0.1, 0.15) is 17.2 Å². The van der Waals surface area contributed by atoms with E-state index < -0.39 is 9.84 Å². The smallest absolute Gasteiger partial charge is 0.181 e. The molecule has 0 fully saturated rings. The second-order valence-corrected chi connectivity index (χ2v) is 11.4. The average molecular weight is 534 g/mol. The van der Waals surface area contributed by atoms with Crippen molar-refractivity contribution in [2.45, 2.75) is 31.9 Å². The average Bonchev–Trinajstić information content (AvgIpc) is 3.55. The lowest BCUT2D eigenvalue weighted by molar-refractivity contribution is 0.0801. The van der Waals surface area contributed by atoms with Crippen LogP contribution in [0.2, 0.25) is 0 Å². The molecule has 0 radical (unpaired) electrons. The molecule has 0 aliphatic carbocycles. The number of aromatic nitrogens is 7. The predicted molar refractivity (Wildman–Crippen MR) is 144 cm³/mol. The molecule has 0 saturated carbocycles. The van der Waals surface area contributed by atoms with E-state index in [0.29, 0.717) is 59.8 Å². The van der Waals surface area contributed by atoms with Crippen LogP contribution in [0, 0.1) is 13.8 Å². The van der Waals surface area contributed by atoms with E-state index in [1.54, 1.807) is 29.1 Å². The molecule has 4 aromatic heterocycles. The number of hydrogen-bond acceptors (Lipinski definition) is 9. The van der Waals surface area contributed by atoms with Gasteiger partial charge in [-0.25, -0.2) is 18.4 Å². The third-order valence-corrected chi connectivity index (χ3v) is 7.73. The number of rotatable bonds is 6. The van der Waals surface area contributed by atoms with E-state index in [2.05, 4.69) is 35.8 Å². The van der Waals surface area contributed by atoms with Crippen LogP contribution in [0.25, 0.3) is 22.3 Å². The minimum absolute atomic E-state index is 0.177. The number of hydrogen-bond donors (Lipinski definition) is 3. The highest BCUT2D eigenvalue weighted by molar-refractivity contribution is 7.90. The van der Waals surface area contributed by atoms with Crippen LogP contribution in [0.3, 0.4) is 0 Å². The van der Waals surface area contributed by atoms with Crippen molar-refractivity contribution in [3.63, 3.8) is 0 Å². The van der Waals surface area contributed by atoms with E-state index in [9.17, 15) is 8.42 Å². The number of aryl methyl sites for hydroxylation is 2. The van der Waals surface area contributed by atoms with Crippen LogP contribution in [0.4, 0.5) is 23.0 Å². The summed E-state index contributed by atoms with van der Waals surface area (Å²) in [6, 6.07) is 9.06. The molecule has 6 rings (SSSR count). The first-order chi connectivity index (χ1) is 18.2. The summed E-state index contributed by atoms with van der Waals surface area (Å²) in [6.45, 7) is 5.61. The summed E-state index contributed by atoms with van der Waals surface area (Å²) in [7, 11) is -1.72. The van der Waals surface area contributed by atoms with Gasteiger partial charge in [-0.3, -0.25) is 9.36 Å². The third-order valence-electron chi connectivity index (χ3n) is 6.59. The van der Waals surface area contributed by atoms with Crippen LogP contribution in [0.5, 0.6) is 0 Å². The Morgan fingerprint density at radius 3 is 2.63 bits per heavy atom. The summed E-state index contributed by atoms with van der Waals surface area (Å²) in [4.78, 5) is 12.5.